The zero-order chi connectivity index (χ0) is 27.4. The molecule has 3 aromatic rings. The van der Waals surface area contributed by atoms with Gasteiger partial charge >= 0.3 is 0 Å². The maximum Gasteiger partial charge on any atom is 0.243 e. The zero-order valence-electron chi connectivity index (χ0n) is 22.1. The van der Waals surface area contributed by atoms with E-state index in [1.165, 1.54) is 29.1 Å². The average molecular weight is 556 g/mol. The highest BCUT2D eigenvalue weighted by molar-refractivity contribution is 7.89. The number of carbonyl (C=O) groups is 1. The van der Waals surface area contributed by atoms with Crippen molar-refractivity contribution in [3.05, 3.63) is 53.9 Å². The summed E-state index contributed by atoms with van der Waals surface area (Å²) in [5, 5.41) is 7.01. The Balaban J connectivity index is 1.18. The summed E-state index contributed by atoms with van der Waals surface area (Å²) in [6.07, 6.45) is 1.30. The molecule has 0 atom stereocenters. The van der Waals surface area contributed by atoms with Crippen LogP contribution in [-0.2, 0) is 26.1 Å². The Hall–Kier alpha value is -3.32. The van der Waals surface area contributed by atoms with Gasteiger partial charge in [-0.05, 0) is 51.1 Å². The molecule has 0 saturated carbocycles. The van der Waals surface area contributed by atoms with Crippen molar-refractivity contribution in [2.45, 2.75) is 31.2 Å². The summed E-state index contributed by atoms with van der Waals surface area (Å²) in [4.78, 5) is 20.0. The number of likely N-dealkylation sites (tertiary alicyclic amines) is 1. The first-order chi connectivity index (χ1) is 18.8. The van der Waals surface area contributed by atoms with Crippen molar-refractivity contribution in [3.8, 4) is 17.1 Å². The van der Waals surface area contributed by atoms with Crippen molar-refractivity contribution in [2.75, 3.05) is 51.8 Å². The van der Waals surface area contributed by atoms with Crippen LogP contribution in [0.15, 0.2) is 51.9 Å². The van der Waals surface area contributed by atoms with Crippen LogP contribution in [0.3, 0.4) is 0 Å². The van der Waals surface area contributed by atoms with Gasteiger partial charge < -0.3 is 19.3 Å². The average Bonchev–Trinajstić information content (AvgIpc) is 3.42. The van der Waals surface area contributed by atoms with Crippen molar-refractivity contribution in [2.24, 2.45) is 5.92 Å². The molecule has 2 aromatic carbocycles. The number of ether oxygens (including phenoxy) is 2. The maximum absolute atomic E-state index is 13.1. The summed E-state index contributed by atoms with van der Waals surface area (Å²) in [6.45, 7) is 5.25. The van der Waals surface area contributed by atoms with E-state index in [2.05, 4.69) is 20.4 Å². The number of nitrogens with zero attached hydrogens (tertiary/aromatic N) is 4. The molecule has 3 heterocycles. The predicted molar refractivity (Wildman–Crippen MR) is 144 cm³/mol. The van der Waals surface area contributed by atoms with Gasteiger partial charge in [0, 0.05) is 24.6 Å². The number of aryl methyl sites for hydroxylation is 1. The van der Waals surface area contributed by atoms with E-state index < -0.39 is 10.0 Å². The second-order valence-electron chi connectivity index (χ2n) is 9.80. The number of sulfonamides is 1. The van der Waals surface area contributed by atoms with Crippen LogP contribution in [0.1, 0.15) is 24.3 Å². The zero-order valence-corrected chi connectivity index (χ0v) is 22.9. The Kier molecular flexibility index (Phi) is 8.26. The van der Waals surface area contributed by atoms with Crippen LogP contribution in [0.2, 0.25) is 0 Å². The van der Waals surface area contributed by atoms with E-state index in [9.17, 15) is 13.2 Å². The number of methoxy groups -OCH3 is 1. The van der Waals surface area contributed by atoms with E-state index in [4.69, 9.17) is 14.0 Å². The third kappa shape index (κ3) is 6.30. The van der Waals surface area contributed by atoms with Gasteiger partial charge in [0.25, 0.3) is 0 Å². The lowest BCUT2D eigenvalue weighted by molar-refractivity contribution is -0.121. The van der Waals surface area contributed by atoms with Crippen molar-refractivity contribution in [1.82, 2.24) is 19.3 Å². The Morgan fingerprint density at radius 2 is 1.79 bits per heavy atom. The molecule has 1 N–H and O–H groups in total. The summed E-state index contributed by atoms with van der Waals surface area (Å²) in [5.41, 5.74) is 2.41. The minimum atomic E-state index is -3.71. The van der Waals surface area contributed by atoms with Crippen LogP contribution in [-0.4, -0.2) is 80.2 Å². The predicted octanol–water partition coefficient (Wildman–Crippen LogP) is 2.93. The smallest absolute Gasteiger partial charge is 0.243 e. The summed E-state index contributed by atoms with van der Waals surface area (Å²) in [6, 6.07) is 12.5. The van der Waals surface area contributed by atoms with Crippen molar-refractivity contribution < 1.29 is 27.2 Å². The normalized spacial score (nSPS) is 17.7. The lowest BCUT2D eigenvalue weighted by Gasteiger charge is -2.30. The van der Waals surface area contributed by atoms with Gasteiger partial charge in [-0.2, -0.15) is 9.29 Å². The molecule has 2 aliphatic heterocycles. The molecule has 0 spiro atoms. The molecular weight excluding hydrogens is 522 g/mol. The third-order valence-corrected chi connectivity index (χ3v) is 9.03. The van der Waals surface area contributed by atoms with E-state index in [0.29, 0.717) is 81.9 Å². The van der Waals surface area contributed by atoms with Crippen molar-refractivity contribution in [3.63, 3.8) is 0 Å². The van der Waals surface area contributed by atoms with Crippen LogP contribution < -0.4 is 10.1 Å². The monoisotopic (exact) mass is 555 g/mol. The molecule has 2 aliphatic rings. The number of anilines is 1. The number of rotatable bonds is 8. The van der Waals surface area contributed by atoms with Gasteiger partial charge in [0.05, 0.1) is 37.5 Å². The second kappa shape index (κ2) is 11.8. The first kappa shape index (κ1) is 27.3. The molecule has 208 valence electrons. The van der Waals surface area contributed by atoms with E-state index in [1.807, 2.05) is 31.2 Å². The number of morpholine rings is 1. The molecule has 1 aromatic heterocycles. The minimum Gasteiger partial charge on any atom is -0.495 e. The fraction of sp³-hybridized carbons (Fsp3) is 0.444. The van der Waals surface area contributed by atoms with Crippen LogP contribution in [0.4, 0.5) is 5.69 Å². The van der Waals surface area contributed by atoms with Gasteiger partial charge in [-0.3, -0.25) is 9.69 Å². The highest BCUT2D eigenvalue weighted by atomic mass is 32.2. The largest absolute Gasteiger partial charge is 0.495 e. The highest BCUT2D eigenvalue weighted by Gasteiger charge is 2.29. The standard InChI is InChI=1S/C27H33N5O6S/c1-19-3-5-20(6-4-19)26-29-25(38-30-26)18-31-11-9-21(10-12-31)27(33)28-23-17-22(7-8-24(23)36-2)39(34,35)32-13-15-37-16-14-32/h3-8,17,21H,9-16,18H2,1-2H3,(H,28,33). The second-order valence-corrected chi connectivity index (χ2v) is 11.7. The maximum atomic E-state index is 13.1. The first-order valence-electron chi connectivity index (χ1n) is 13.0. The highest BCUT2D eigenvalue weighted by Crippen LogP contribution is 2.31. The lowest BCUT2D eigenvalue weighted by Crippen LogP contribution is -2.40. The molecule has 12 heteroatoms. The molecule has 0 radical (unpaired) electrons. The van der Waals surface area contributed by atoms with Crippen molar-refractivity contribution in [1.29, 1.82) is 0 Å². The summed E-state index contributed by atoms with van der Waals surface area (Å²) >= 11 is 0. The van der Waals surface area contributed by atoms with E-state index in [-0.39, 0.29) is 16.7 Å². The van der Waals surface area contributed by atoms with Crippen molar-refractivity contribution >= 4 is 21.6 Å². The quantitative estimate of drug-likeness (QED) is 0.446. The Morgan fingerprint density at radius 1 is 1.08 bits per heavy atom. The summed E-state index contributed by atoms with van der Waals surface area (Å²) < 4.78 is 43.7. The molecule has 2 saturated heterocycles. The molecular formula is C27H33N5O6S. The number of hydrogen-bond donors (Lipinski definition) is 1. The Labute approximate surface area is 228 Å². The molecule has 39 heavy (non-hydrogen) atoms. The van der Waals surface area contributed by atoms with Gasteiger partial charge in [-0.25, -0.2) is 8.42 Å². The summed E-state index contributed by atoms with van der Waals surface area (Å²) in [5.74, 6) is 1.13. The SMILES string of the molecule is COc1ccc(S(=O)(=O)N2CCOCC2)cc1NC(=O)C1CCN(Cc2nc(-c3ccc(C)cc3)no2)CC1. The molecule has 0 aliphatic carbocycles. The van der Waals surface area contributed by atoms with Gasteiger partial charge in [-0.15, -0.1) is 0 Å². The number of piperidine rings is 1. The fourth-order valence-corrected chi connectivity index (χ4v) is 6.23. The minimum absolute atomic E-state index is 0.111. The molecule has 11 nitrogen and oxygen atoms in total. The molecule has 2 fully saturated rings. The lowest BCUT2D eigenvalue weighted by atomic mass is 9.96. The number of aromatic nitrogens is 2. The summed E-state index contributed by atoms with van der Waals surface area (Å²) in [7, 11) is -2.22. The van der Waals surface area contributed by atoms with Gasteiger partial charge in [0.1, 0.15) is 5.75 Å². The van der Waals surface area contributed by atoms with E-state index in [0.717, 1.165) is 5.56 Å². The number of benzene rings is 2. The third-order valence-electron chi connectivity index (χ3n) is 7.13. The van der Waals surface area contributed by atoms with Gasteiger partial charge in [-0.1, -0.05) is 35.0 Å². The number of hydrogen-bond acceptors (Lipinski definition) is 9. The Bertz CT molecular complexity index is 1390. The van der Waals surface area contributed by atoms with E-state index in [1.54, 1.807) is 6.07 Å². The molecule has 5 rings (SSSR count). The Morgan fingerprint density at radius 3 is 2.49 bits per heavy atom. The topological polar surface area (TPSA) is 127 Å². The van der Waals surface area contributed by atoms with Gasteiger partial charge in [0.15, 0.2) is 0 Å². The van der Waals surface area contributed by atoms with E-state index >= 15 is 0 Å². The number of carbonyl (C=O) groups excluding carboxylic acids is 1. The molecule has 0 bridgehead atoms. The molecule has 0 unspecified atom stereocenters. The van der Waals surface area contributed by atoms with Crippen LogP contribution in [0.25, 0.3) is 11.4 Å². The first-order valence-corrected chi connectivity index (χ1v) is 14.5. The number of amides is 1. The van der Waals surface area contributed by atoms with Gasteiger partial charge in [0.2, 0.25) is 27.6 Å². The fourth-order valence-electron chi connectivity index (χ4n) is 4.80. The molecule has 1 amide bonds. The van der Waals surface area contributed by atoms with Crippen LogP contribution in [0.5, 0.6) is 5.75 Å². The number of nitrogens with one attached hydrogen (secondary N) is 1. The van der Waals surface area contributed by atoms with Crippen LogP contribution in [0, 0.1) is 12.8 Å². The van der Waals surface area contributed by atoms with Crippen LogP contribution >= 0.6 is 0 Å².